The lowest BCUT2D eigenvalue weighted by atomic mass is 10.0. The van der Waals surface area contributed by atoms with Crippen LogP contribution in [-0.2, 0) is 16.6 Å². The highest BCUT2D eigenvalue weighted by Crippen LogP contribution is 2.29. The van der Waals surface area contributed by atoms with Gasteiger partial charge in [0.2, 0.25) is 10.0 Å². The van der Waals surface area contributed by atoms with E-state index in [1.54, 1.807) is 6.07 Å². The molecule has 21 heavy (non-hydrogen) atoms. The zero-order chi connectivity index (χ0) is 15.3. The van der Waals surface area contributed by atoms with Crippen molar-refractivity contribution in [1.82, 2.24) is 10.0 Å². The Labute approximate surface area is 132 Å². The zero-order valence-electron chi connectivity index (χ0n) is 12.9. The van der Waals surface area contributed by atoms with E-state index in [2.05, 4.69) is 17.0 Å². The Morgan fingerprint density at radius 2 is 2.05 bits per heavy atom. The van der Waals surface area contributed by atoms with Crippen molar-refractivity contribution >= 4 is 21.4 Å². The SMILES string of the molecule is CCCNCc1ccc(S(=O)(=O)NC(C)C2CCCC2)s1. The maximum atomic E-state index is 12.4. The van der Waals surface area contributed by atoms with Crippen molar-refractivity contribution in [2.24, 2.45) is 5.92 Å². The first kappa shape index (κ1) is 16.9. The molecule has 0 aliphatic heterocycles. The molecule has 120 valence electrons. The molecule has 0 bridgehead atoms. The maximum absolute atomic E-state index is 12.4. The van der Waals surface area contributed by atoms with E-state index in [4.69, 9.17) is 0 Å². The average molecular weight is 331 g/mol. The van der Waals surface area contributed by atoms with Gasteiger partial charge in [-0.2, -0.15) is 0 Å². The lowest BCUT2D eigenvalue weighted by Crippen LogP contribution is -2.36. The summed E-state index contributed by atoms with van der Waals surface area (Å²) in [6, 6.07) is 3.65. The Morgan fingerprint density at radius 1 is 1.33 bits per heavy atom. The number of hydrogen-bond acceptors (Lipinski definition) is 4. The maximum Gasteiger partial charge on any atom is 0.250 e. The van der Waals surface area contributed by atoms with E-state index in [0.29, 0.717) is 10.1 Å². The third-order valence-electron chi connectivity index (χ3n) is 4.08. The fraction of sp³-hybridized carbons (Fsp3) is 0.733. The van der Waals surface area contributed by atoms with E-state index < -0.39 is 10.0 Å². The Balaban J connectivity index is 1.95. The summed E-state index contributed by atoms with van der Waals surface area (Å²) in [6.45, 7) is 5.81. The van der Waals surface area contributed by atoms with Gasteiger partial charge < -0.3 is 5.32 Å². The predicted molar refractivity (Wildman–Crippen MR) is 88.1 cm³/mol. The van der Waals surface area contributed by atoms with Gasteiger partial charge in [-0.1, -0.05) is 19.8 Å². The molecule has 0 radical (unpaired) electrons. The van der Waals surface area contributed by atoms with Gasteiger partial charge in [-0.05, 0) is 50.8 Å². The Morgan fingerprint density at radius 3 is 2.71 bits per heavy atom. The Kier molecular flexibility index (Phi) is 6.22. The van der Waals surface area contributed by atoms with Gasteiger partial charge in [-0.3, -0.25) is 0 Å². The summed E-state index contributed by atoms with van der Waals surface area (Å²) in [7, 11) is -3.37. The molecule has 1 heterocycles. The van der Waals surface area contributed by atoms with Gasteiger partial charge in [-0.15, -0.1) is 11.3 Å². The van der Waals surface area contributed by atoms with Gasteiger partial charge in [0.15, 0.2) is 0 Å². The van der Waals surface area contributed by atoms with Gasteiger partial charge in [0.25, 0.3) is 0 Å². The first-order valence-electron chi connectivity index (χ1n) is 7.84. The molecule has 1 fully saturated rings. The molecule has 0 spiro atoms. The minimum absolute atomic E-state index is 0.0290. The molecule has 1 aromatic rings. The molecular formula is C15H26N2O2S2. The molecular weight excluding hydrogens is 304 g/mol. The highest BCUT2D eigenvalue weighted by atomic mass is 32.2. The van der Waals surface area contributed by atoms with Gasteiger partial charge in [0.1, 0.15) is 4.21 Å². The van der Waals surface area contributed by atoms with Gasteiger partial charge in [0, 0.05) is 17.5 Å². The van der Waals surface area contributed by atoms with Crippen LogP contribution >= 0.6 is 11.3 Å². The van der Waals surface area contributed by atoms with Crippen LogP contribution in [0.3, 0.4) is 0 Å². The van der Waals surface area contributed by atoms with E-state index in [9.17, 15) is 8.42 Å². The van der Waals surface area contributed by atoms with Crippen LogP contribution in [0.1, 0.15) is 50.8 Å². The van der Waals surface area contributed by atoms with Crippen molar-refractivity contribution in [3.8, 4) is 0 Å². The summed E-state index contributed by atoms with van der Waals surface area (Å²) < 4.78 is 28.1. The quantitative estimate of drug-likeness (QED) is 0.720. The lowest BCUT2D eigenvalue weighted by molar-refractivity contribution is 0.424. The van der Waals surface area contributed by atoms with Crippen molar-refractivity contribution in [2.45, 2.75) is 62.7 Å². The molecule has 1 unspecified atom stereocenters. The van der Waals surface area contributed by atoms with Crippen molar-refractivity contribution in [2.75, 3.05) is 6.54 Å². The Hall–Kier alpha value is -0.430. The second-order valence-corrected chi connectivity index (χ2v) is 8.96. The molecule has 0 aromatic carbocycles. The van der Waals surface area contributed by atoms with Crippen LogP contribution < -0.4 is 10.0 Å². The van der Waals surface area contributed by atoms with Gasteiger partial charge in [-0.25, -0.2) is 13.1 Å². The molecule has 0 amide bonds. The molecule has 2 rings (SSSR count). The highest BCUT2D eigenvalue weighted by molar-refractivity contribution is 7.91. The second kappa shape index (κ2) is 7.72. The van der Waals surface area contributed by atoms with Crippen LogP contribution in [-0.4, -0.2) is 21.0 Å². The van der Waals surface area contributed by atoms with E-state index >= 15 is 0 Å². The minimum Gasteiger partial charge on any atom is -0.312 e. The first-order chi connectivity index (χ1) is 10.0. The monoisotopic (exact) mass is 330 g/mol. The van der Waals surface area contributed by atoms with E-state index in [0.717, 1.165) is 37.2 Å². The predicted octanol–water partition coefficient (Wildman–Crippen LogP) is 3.10. The molecule has 1 saturated carbocycles. The third kappa shape index (κ3) is 4.77. The number of thiophene rings is 1. The summed E-state index contributed by atoms with van der Waals surface area (Å²) in [5.41, 5.74) is 0. The third-order valence-corrected chi connectivity index (χ3v) is 7.21. The molecule has 4 nitrogen and oxygen atoms in total. The molecule has 6 heteroatoms. The first-order valence-corrected chi connectivity index (χ1v) is 10.1. The van der Waals surface area contributed by atoms with Crippen molar-refractivity contribution < 1.29 is 8.42 Å². The fourth-order valence-corrected chi connectivity index (χ4v) is 5.50. The summed E-state index contributed by atoms with van der Waals surface area (Å²) in [5, 5.41) is 3.30. The number of rotatable bonds is 8. The van der Waals surface area contributed by atoms with E-state index in [1.165, 1.54) is 24.2 Å². The summed E-state index contributed by atoms with van der Waals surface area (Å²) in [5.74, 6) is 0.491. The molecule has 1 aromatic heterocycles. The summed E-state index contributed by atoms with van der Waals surface area (Å²) in [4.78, 5) is 1.07. The normalized spacial score (nSPS) is 18.2. The van der Waals surface area contributed by atoms with Crippen LogP contribution in [0.5, 0.6) is 0 Å². The van der Waals surface area contributed by atoms with Crippen LogP contribution in [0.2, 0.25) is 0 Å². The van der Waals surface area contributed by atoms with Crippen molar-refractivity contribution in [1.29, 1.82) is 0 Å². The van der Waals surface area contributed by atoms with E-state index in [-0.39, 0.29) is 6.04 Å². The molecule has 0 saturated heterocycles. The second-order valence-electron chi connectivity index (χ2n) is 5.85. The average Bonchev–Trinajstić information content (AvgIpc) is 3.10. The summed E-state index contributed by atoms with van der Waals surface area (Å²) in [6.07, 6.45) is 5.81. The van der Waals surface area contributed by atoms with Crippen molar-refractivity contribution in [3.63, 3.8) is 0 Å². The van der Waals surface area contributed by atoms with Crippen LogP contribution in [0.4, 0.5) is 0 Å². The highest BCUT2D eigenvalue weighted by Gasteiger charge is 2.26. The number of sulfonamides is 1. The molecule has 1 aliphatic rings. The molecule has 1 aliphatic carbocycles. The molecule has 2 N–H and O–H groups in total. The van der Waals surface area contributed by atoms with E-state index in [1.807, 2.05) is 13.0 Å². The summed E-state index contributed by atoms with van der Waals surface area (Å²) >= 11 is 1.36. The van der Waals surface area contributed by atoms with Crippen LogP contribution in [0.15, 0.2) is 16.3 Å². The van der Waals surface area contributed by atoms with Crippen LogP contribution in [0, 0.1) is 5.92 Å². The Bertz CT molecular complexity index is 534. The van der Waals surface area contributed by atoms with Crippen LogP contribution in [0.25, 0.3) is 0 Å². The minimum atomic E-state index is -3.37. The standard InChI is InChI=1S/C15H26N2O2S2/c1-3-10-16-11-14-8-9-15(20-14)21(18,19)17-12(2)13-6-4-5-7-13/h8-9,12-13,16-17H,3-7,10-11H2,1-2H3. The lowest BCUT2D eigenvalue weighted by Gasteiger charge is -2.19. The zero-order valence-corrected chi connectivity index (χ0v) is 14.5. The number of hydrogen-bond donors (Lipinski definition) is 2. The largest absolute Gasteiger partial charge is 0.312 e. The number of nitrogens with one attached hydrogen (secondary N) is 2. The van der Waals surface area contributed by atoms with Crippen molar-refractivity contribution in [3.05, 3.63) is 17.0 Å². The smallest absolute Gasteiger partial charge is 0.250 e. The van der Waals surface area contributed by atoms with Gasteiger partial charge >= 0.3 is 0 Å². The topological polar surface area (TPSA) is 58.2 Å². The fourth-order valence-electron chi connectivity index (χ4n) is 2.84. The van der Waals surface area contributed by atoms with Gasteiger partial charge in [0.05, 0.1) is 0 Å². The molecule has 1 atom stereocenters.